The molecule has 5 N–H and O–H groups in total. The van der Waals surface area contributed by atoms with Crippen molar-refractivity contribution >= 4 is 36.6 Å². The first kappa shape index (κ1) is 31.9. The van der Waals surface area contributed by atoms with Crippen molar-refractivity contribution in [3.63, 3.8) is 0 Å². The van der Waals surface area contributed by atoms with E-state index < -0.39 is 63.0 Å². The first-order chi connectivity index (χ1) is 20.8. The Morgan fingerprint density at radius 3 is 2.59 bits per heavy atom. The lowest BCUT2D eigenvalue weighted by atomic mass is 9.96. The summed E-state index contributed by atoms with van der Waals surface area (Å²) in [5.41, 5.74) is 2.17. The number of carbonyl (C=O) groups excluding carboxylic acids is 1. The van der Waals surface area contributed by atoms with Crippen LogP contribution in [0.4, 0.5) is 24.9 Å². The Kier molecular flexibility index (Phi) is 9.05. The highest BCUT2D eigenvalue weighted by Gasteiger charge is 2.64. The van der Waals surface area contributed by atoms with E-state index in [2.05, 4.69) is 25.4 Å². The van der Waals surface area contributed by atoms with Gasteiger partial charge in [-0.2, -0.15) is 15.1 Å². The van der Waals surface area contributed by atoms with E-state index in [1.807, 2.05) is 0 Å². The third-order valence-corrected chi connectivity index (χ3v) is 8.51. The number of nitrogens with one attached hydrogen (secondary N) is 2. The van der Waals surface area contributed by atoms with Crippen LogP contribution in [0, 0.1) is 0 Å². The summed E-state index contributed by atoms with van der Waals surface area (Å²) in [6, 6.07) is 6.67. The Hall–Kier alpha value is -3.50. The quantitative estimate of drug-likeness (QED) is 0.157. The molecule has 0 amide bonds. The van der Waals surface area contributed by atoms with Gasteiger partial charge in [-0.3, -0.25) is 13.9 Å². The Balaban J connectivity index is 1.41. The average molecular weight is 644 g/mol. The number of aliphatic hydroxyl groups is 1. The minimum atomic E-state index is -4.50. The van der Waals surface area contributed by atoms with Crippen LogP contribution in [-0.4, -0.2) is 79.7 Å². The molecule has 5 rings (SSSR count). The molecule has 3 aromatic rings. The van der Waals surface area contributed by atoms with Crippen molar-refractivity contribution in [3.05, 3.63) is 36.7 Å². The second-order valence-corrected chi connectivity index (χ2v) is 12.5. The van der Waals surface area contributed by atoms with Gasteiger partial charge in [-0.25, -0.2) is 22.7 Å². The molecule has 0 bridgehead atoms. The molecule has 14 nitrogen and oxygen atoms in total. The number of hydrogen-bond acceptors (Lipinski definition) is 12. The van der Waals surface area contributed by atoms with Crippen LogP contribution in [0.3, 0.4) is 0 Å². The van der Waals surface area contributed by atoms with Gasteiger partial charge in [-0.05, 0) is 45.7 Å². The number of fused-ring (bicyclic) bond motifs is 1. The van der Waals surface area contributed by atoms with Gasteiger partial charge < -0.3 is 30.2 Å². The van der Waals surface area contributed by atoms with Crippen LogP contribution in [0.2, 0.25) is 0 Å². The summed E-state index contributed by atoms with van der Waals surface area (Å²) in [4.78, 5) is 24.7. The Bertz CT molecular complexity index is 1530. The molecule has 18 heteroatoms. The molecular weight excluding hydrogens is 610 g/mol. The number of aromatic nitrogens is 4. The van der Waals surface area contributed by atoms with Gasteiger partial charge in [0.1, 0.15) is 24.0 Å². The molecule has 2 fully saturated rings. The van der Waals surface area contributed by atoms with E-state index in [9.17, 15) is 23.2 Å². The first-order valence-electron chi connectivity index (χ1n) is 13.9. The summed E-state index contributed by atoms with van der Waals surface area (Å²) in [6.07, 6.45) is -7.83. The van der Waals surface area contributed by atoms with E-state index in [1.54, 1.807) is 32.0 Å². The van der Waals surface area contributed by atoms with Crippen molar-refractivity contribution in [1.29, 1.82) is 0 Å². The number of aliphatic hydroxyl groups excluding tert-OH is 1. The third-order valence-electron chi connectivity index (χ3n) is 6.87. The summed E-state index contributed by atoms with van der Waals surface area (Å²) in [5, 5.41) is 16.4. The highest BCUT2D eigenvalue weighted by molar-refractivity contribution is 7.52. The molecule has 1 aliphatic heterocycles. The number of benzene rings is 1. The van der Waals surface area contributed by atoms with Crippen LogP contribution in [0.25, 0.3) is 11.2 Å². The zero-order valence-electron chi connectivity index (χ0n) is 24.0. The van der Waals surface area contributed by atoms with Crippen molar-refractivity contribution in [3.8, 4) is 5.75 Å². The lowest BCUT2D eigenvalue weighted by Gasteiger charge is -2.28. The Morgan fingerprint density at radius 1 is 1.25 bits per heavy atom. The third kappa shape index (κ3) is 6.61. The number of carbonyl (C=O) groups is 1. The number of nitrogen functional groups attached to an aromatic ring is 1. The van der Waals surface area contributed by atoms with Crippen LogP contribution in [-0.2, 0) is 23.4 Å². The Morgan fingerprint density at radius 2 is 1.95 bits per heavy atom. The number of esters is 1. The smallest absolute Gasteiger partial charge is 0.459 e. The van der Waals surface area contributed by atoms with E-state index in [0.29, 0.717) is 0 Å². The van der Waals surface area contributed by atoms with Crippen LogP contribution in [0.15, 0.2) is 36.7 Å². The molecule has 0 spiro atoms. The predicted molar refractivity (Wildman–Crippen MR) is 151 cm³/mol. The zero-order chi connectivity index (χ0) is 31.8. The van der Waals surface area contributed by atoms with E-state index in [4.69, 9.17) is 24.3 Å². The molecule has 1 saturated heterocycles. The molecule has 2 aromatic heterocycles. The van der Waals surface area contributed by atoms with Crippen molar-refractivity contribution in [1.82, 2.24) is 24.6 Å². The highest BCUT2D eigenvalue weighted by atomic mass is 31.2. The average Bonchev–Trinajstić information content (AvgIpc) is 3.61. The summed E-state index contributed by atoms with van der Waals surface area (Å²) < 4.78 is 81.3. The molecule has 44 heavy (non-hydrogen) atoms. The van der Waals surface area contributed by atoms with Crippen molar-refractivity contribution in [2.24, 2.45) is 0 Å². The van der Waals surface area contributed by atoms with Gasteiger partial charge in [0.25, 0.3) is 6.43 Å². The topological polar surface area (TPSA) is 185 Å². The van der Waals surface area contributed by atoms with Gasteiger partial charge in [0.15, 0.2) is 23.2 Å². The van der Waals surface area contributed by atoms with Gasteiger partial charge in [-0.1, -0.05) is 18.2 Å². The molecule has 1 unspecified atom stereocenters. The molecule has 1 aliphatic carbocycles. The number of para-hydroxylation sites is 1. The lowest BCUT2D eigenvalue weighted by molar-refractivity contribution is -0.149. The lowest BCUT2D eigenvalue weighted by Crippen LogP contribution is -2.49. The molecule has 2 aliphatic rings. The number of ether oxygens (including phenoxy) is 2. The maximum atomic E-state index is 16.2. The SMILES string of the molecule is CC(C)OC(=O)C(C)N[P@@](=O)(OC[C@H]1O[C@@H](n2cnc3c(NC4CC4)nc(N)nc32)[C@@](F)(C(F)F)[C@@H]1O)Oc1ccccc1. The number of imidazole rings is 1. The number of anilines is 2. The summed E-state index contributed by atoms with van der Waals surface area (Å²) in [7, 11) is -4.50. The number of halogens is 3. The van der Waals surface area contributed by atoms with Crippen LogP contribution < -0.4 is 20.7 Å². The molecule has 3 heterocycles. The molecular formula is C26H33F3N7O7P. The fraction of sp³-hybridized carbons (Fsp3) is 0.538. The monoisotopic (exact) mass is 643 g/mol. The fourth-order valence-electron chi connectivity index (χ4n) is 4.55. The molecule has 6 atom stereocenters. The molecule has 0 radical (unpaired) electrons. The van der Waals surface area contributed by atoms with Gasteiger partial charge in [0.2, 0.25) is 11.6 Å². The van der Waals surface area contributed by atoms with Crippen molar-refractivity contribution in [2.45, 2.75) is 82.3 Å². The van der Waals surface area contributed by atoms with E-state index >= 15 is 4.39 Å². The minimum Gasteiger partial charge on any atom is -0.462 e. The second kappa shape index (κ2) is 12.5. The van der Waals surface area contributed by atoms with Gasteiger partial charge >= 0.3 is 13.7 Å². The summed E-state index contributed by atoms with van der Waals surface area (Å²) in [6.45, 7) is 3.70. The minimum absolute atomic E-state index is 0.0729. The summed E-state index contributed by atoms with van der Waals surface area (Å²) in [5.74, 6) is -0.688. The fourth-order valence-corrected chi connectivity index (χ4v) is 6.06. The van der Waals surface area contributed by atoms with Gasteiger partial charge in [0, 0.05) is 6.04 Å². The normalized spacial score (nSPS) is 25.7. The number of rotatable bonds is 13. The number of nitrogens with zero attached hydrogens (tertiary/aromatic N) is 4. The van der Waals surface area contributed by atoms with Crippen LogP contribution in [0.5, 0.6) is 5.75 Å². The van der Waals surface area contributed by atoms with E-state index in [-0.39, 0.29) is 34.7 Å². The van der Waals surface area contributed by atoms with E-state index in [1.165, 1.54) is 19.1 Å². The molecule has 1 saturated carbocycles. The van der Waals surface area contributed by atoms with Crippen molar-refractivity contribution < 1.29 is 46.2 Å². The number of alkyl halides is 3. The highest BCUT2D eigenvalue weighted by Crippen LogP contribution is 2.50. The number of nitrogens with two attached hydrogens (primary N) is 1. The predicted octanol–water partition coefficient (Wildman–Crippen LogP) is 3.35. The largest absolute Gasteiger partial charge is 0.462 e. The zero-order valence-corrected chi connectivity index (χ0v) is 24.9. The van der Waals surface area contributed by atoms with Crippen LogP contribution in [0.1, 0.15) is 39.8 Å². The summed E-state index contributed by atoms with van der Waals surface area (Å²) >= 11 is 0. The second-order valence-electron chi connectivity index (χ2n) is 10.8. The number of hydrogen-bond donors (Lipinski definition) is 4. The first-order valence-corrected chi connectivity index (χ1v) is 15.4. The van der Waals surface area contributed by atoms with Crippen molar-refractivity contribution in [2.75, 3.05) is 17.7 Å². The van der Waals surface area contributed by atoms with Gasteiger partial charge in [0.05, 0.1) is 19.0 Å². The molecule has 240 valence electrons. The van der Waals surface area contributed by atoms with Gasteiger partial charge in [-0.15, -0.1) is 0 Å². The molecule has 1 aromatic carbocycles. The maximum Gasteiger partial charge on any atom is 0.459 e. The maximum absolute atomic E-state index is 16.2. The van der Waals surface area contributed by atoms with E-state index in [0.717, 1.165) is 23.7 Å². The Labute approximate surface area is 250 Å². The standard InChI is InChI=1S/C26H33F3N7O7P/c1-13(2)41-22(38)14(3)35-44(39,43-16-7-5-4-6-8-16)40-11-17-19(37)26(29,23(27)28)24(42-17)36-12-31-18-20(32-15-9-10-15)33-25(30)34-21(18)36/h4-8,12-15,17,19,23-24,37H,9-11H2,1-3H3,(H,35,39)(H3,30,32,33,34)/t14?,17-,19-,24-,26+,44-/m1/s1. The van der Waals surface area contributed by atoms with Crippen LogP contribution >= 0.6 is 7.75 Å².